The minimum absolute atomic E-state index is 0.312. The van der Waals surface area contributed by atoms with Crippen LogP contribution in [0.4, 0.5) is 8.78 Å². The van der Waals surface area contributed by atoms with Crippen molar-refractivity contribution in [2.75, 3.05) is 7.11 Å². The molecule has 0 spiro atoms. The number of rotatable bonds is 2. The van der Waals surface area contributed by atoms with E-state index in [1.54, 1.807) is 13.2 Å². The number of hydrogen-bond donors (Lipinski definition) is 1. The number of fused-ring (bicyclic) bond motifs is 1. The summed E-state index contributed by atoms with van der Waals surface area (Å²) in [6, 6.07) is 11.3. The van der Waals surface area contributed by atoms with Crippen LogP contribution in [0.2, 0.25) is 0 Å². The molecule has 0 radical (unpaired) electrons. The van der Waals surface area contributed by atoms with E-state index < -0.39 is 11.6 Å². The quantitative estimate of drug-likeness (QED) is 0.735. The van der Waals surface area contributed by atoms with Crippen molar-refractivity contribution in [1.82, 2.24) is 4.98 Å². The zero-order valence-electron chi connectivity index (χ0n) is 10.2. The van der Waals surface area contributed by atoms with Gasteiger partial charge in [-0.2, -0.15) is 0 Å². The van der Waals surface area contributed by atoms with E-state index in [-0.39, 0.29) is 0 Å². The molecule has 96 valence electrons. The minimum Gasteiger partial charge on any atom is -0.497 e. The van der Waals surface area contributed by atoms with Gasteiger partial charge in [-0.1, -0.05) is 0 Å². The smallest absolute Gasteiger partial charge is 0.150 e. The van der Waals surface area contributed by atoms with Crippen LogP contribution in [0.3, 0.4) is 0 Å². The topological polar surface area (TPSA) is 25.0 Å². The third-order valence-electron chi connectivity index (χ3n) is 3.05. The van der Waals surface area contributed by atoms with E-state index in [0.29, 0.717) is 10.9 Å². The lowest BCUT2D eigenvalue weighted by Crippen LogP contribution is -1.83. The van der Waals surface area contributed by atoms with Crippen LogP contribution in [-0.4, -0.2) is 12.1 Å². The fraction of sp³-hybridized carbons (Fsp3) is 0.0667. The predicted octanol–water partition coefficient (Wildman–Crippen LogP) is 4.12. The Morgan fingerprint density at radius 3 is 2.42 bits per heavy atom. The summed E-state index contributed by atoms with van der Waals surface area (Å²) < 4.78 is 31.8. The normalized spacial score (nSPS) is 10.9. The molecule has 4 heteroatoms. The number of methoxy groups -OCH3 is 1. The second kappa shape index (κ2) is 4.39. The van der Waals surface area contributed by atoms with Gasteiger partial charge in [-0.15, -0.1) is 0 Å². The Morgan fingerprint density at radius 2 is 1.74 bits per heavy atom. The van der Waals surface area contributed by atoms with Gasteiger partial charge in [0.1, 0.15) is 17.4 Å². The maximum Gasteiger partial charge on any atom is 0.150 e. The summed E-state index contributed by atoms with van der Waals surface area (Å²) in [4.78, 5) is 2.96. The molecule has 1 aromatic heterocycles. The van der Waals surface area contributed by atoms with E-state index >= 15 is 0 Å². The van der Waals surface area contributed by atoms with Gasteiger partial charge in [0.2, 0.25) is 0 Å². The molecule has 1 heterocycles. The number of aromatic amines is 1. The van der Waals surface area contributed by atoms with Crippen molar-refractivity contribution in [3.63, 3.8) is 0 Å². The van der Waals surface area contributed by atoms with Crippen molar-refractivity contribution >= 4 is 10.9 Å². The third kappa shape index (κ3) is 2.05. The molecule has 0 saturated carbocycles. The van der Waals surface area contributed by atoms with Crippen molar-refractivity contribution in [2.24, 2.45) is 0 Å². The summed E-state index contributed by atoms with van der Waals surface area (Å²) in [6.45, 7) is 0. The van der Waals surface area contributed by atoms with Crippen LogP contribution in [0.25, 0.3) is 22.2 Å². The molecule has 0 unspecified atom stereocenters. The van der Waals surface area contributed by atoms with Gasteiger partial charge in [-0.05, 0) is 42.0 Å². The molecule has 1 N–H and O–H groups in total. The Bertz CT molecular complexity index is 732. The van der Waals surface area contributed by atoms with Gasteiger partial charge in [0.05, 0.1) is 12.6 Å². The van der Waals surface area contributed by atoms with Crippen LogP contribution in [0.1, 0.15) is 0 Å². The molecule has 0 bridgehead atoms. The molecule has 0 aliphatic carbocycles. The number of aromatic nitrogens is 1. The van der Waals surface area contributed by atoms with Crippen molar-refractivity contribution < 1.29 is 13.5 Å². The largest absolute Gasteiger partial charge is 0.497 e. The molecular formula is C15H11F2NO. The molecule has 0 saturated heterocycles. The summed E-state index contributed by atoms with van der Waals surface area (Å²) in [6.07, 6.45) is 0. The molecule has 3 aromatic rings. The Hall–Kier alpha value is -2.36. The molecule has 2 aromatic carbocycles. The van der Waals surface area contributed by atoms with Gasteiger partial charge in [-0.25, -0.2) is 8.78 Å². The summed E-state index contributed by atoms with van der Waals surface area (Å²) in [5.41, 5.74) is 1.94. The molecule has 0 aliphatic heterocycles. The lowest BCUT2D eigenvalue weighted by Gasteiger charge is -2.01. The average Bonchev–Trinajstić information content (AvgIpc) is 2.83. The Morgan fingerprint density at radius 1 is 1.00 bits per heavy atom. The first-order chi connectivity index (χ1) is 9.17. The standard InChI is InChI=1S/C15H11F2NO/c1-19-12-4-2-9(3-5-12)14-7-10-6-11(16)8-13(17)15(10)18-14/h2-8,18H,1H3. The molecule has 2 nitrogen and oxygen atoms in total. The second-order valence-corrected chi connectivity index (χ2v) is 4.26. The van der Waals surface area contributed by atoms with Crippen molar-refractivity contribution in [1.29, 1.82) is 0 Å². The number of halogens is 2. The minimum atomic E-state index is -0.588. The van der Waals surface area contributed by atoms with Gasteiger partial charge in [0, 0.05) is 17.1 Å². The molecule has 0 fully saturated rings. The number of H-pyrrole nitrogens is 1. The van der Waals surface area contributed by atoms with E-state index in [9.17, 15) is 8.78 Å². The Labute approximate surface area is 108 Å². The van der Waals surface area contributed by atoms with Gasteiger partial charge in [-0.3, -0.25) is 0 Å². The van der Waals surface area contributed by atoms with E-state index in [0.717, 1.165) is 23.1 Å². The van der Waals surface area contributed by atoms with Crippen LogP contribution in [0, 0.1) is 11.6 Å². The van der Waals surface area contributed by atoms with Crippen LogP contribution < -0.4 is 4.74 Å². The number of ether oxygens (including phenoxy) is 1. The highest BCUT2D eigenvalue weighted by Crippen LogP contribution is 2.27. The molecular weight excluding hydrogens is 248 g/mol. The van der Waals surface area contributed by atoms with Crippen LogP contribution in [-0.2, 0) is 0 Å². The van der Waals surface area contributed by atoms with Gasteiger partial charge in [0.25, 0.3) is 0 Å². The third-order valence-corrected chi connectivity index (χ3v) is 3.05. The van der Waals surface area contributed by atoms with E-state index in [4.69, 9.17) is 4.74 Å². The van der Waals surface area contributed by atoms with Crippen LogP contribution in [0.15, 0.2) is 42.5 Å². The first kappa shape index (κ1) is 11.7. The van der Waals surface area contributed by atoms with Crippen molar-refractivity contribution in [3.05, 3.63) is 54.1 Å². The van der Waals surface area contributed by atoms with E-state index in [1.165, 1.54) is 6.07 Å². The Kier molecular flexibility index (Phi) is 2.71. The molecule has 19 heavy (non-hydrogen) atoms. The molecule has 0 amide bonds. The van der Waals surface area contributed by atoms with E-state index in [1.807, 2.05) is 24.3 Å². The van der Waals surface area contributed by atoms with Gasteiger partial charge in [0.15, 0.2) is 0 Å². The summed E-state index contributed by atoms with van der Waals surface area (Å²) >= 11 is 0. The monoisotopic (exact) mass is 259 g/mol. The Balaban J connectivity index is 2.12. The summed E-state index contributed by atoms with van der Waals surface area (Å²) in [7, 11) is 1.59. The summed E-state index contributed by atoms with van der Waals surface area (Å²) in [5.74, 6) is -0.419. The fourth-order valence-corrected chi connectivity index (χ4v) is 2.09. The number of hydrogen-bond acceptors (Lipinski definition) is 1. The van der Waals surface area contributed by atoms with Gasteiger partial charge < -0.3 is 9.72 Å². The highest BCUT2D eigenvalue weighted by Gasteiger charge is 2.09. The number of benzene rings is 2. The van der Waals surface area contributed by atoms with Crippen molar-refractivity contribution in [2.45, 2.75) is 0 Å². The highest BCUT2D eigenvalue weighted by atomic mass is 19.1. The first-order valence-electron chi connectivity index (χ1n) is 5.79. The zero-order chi connectivity index (χ0) is 13.4. The predicted molar refractivity (Wildman–Crippen MR) is 70.2 cm³/mol. The lowest BCUT2D eigenvalue weighted by molar-refractivity contribution is 0.415. The average molecular weight is 259 g/mol. The van der Waals surface area contributed by atoms with Crippen molar-refractivity contribution in [3.8, 4) is 17.0 Å². The second-order valence-electron chi connectivity index (χ2n) is 4.26. The highest BCUT2D eigenvalue weighted by molar-refractivity contribution is 5.86. The maximum absolute atomic E-state index is 13.6. The maximum atomic E-state index is 13.6. The molecule has 0 aliphatic rings. The fourth-order valence-electron chi connectivity index (χ4n) is 2.09. The SMILES string of the molecule is COc1ccc(-c2cc3cc(F)cc(F)c3[nH]2)cc1. The first-order valence-corrected chi connectivity index (χ1v) is 5.79. The van der Waals surface area contributed by atoms with E-state index in [2.05, 4.69) is 4.98 Å². The molecule has 0 atom stereocenters. The lowest BCUT2D eigenvalue weighted by atomic mass is 10.1. The number of nitrogens with one attached hydrogen (secondary N) is 1. The van der Waals surface area contributed by atoms with Crippen LogP contribution >= 0.6 is 0 Å². The zero-order valence-corrected chi connectivity index (χ0v) is 10.2. The molecule has 3 rings (SSSR count). The van der Waals surface area contributed by atoms with Crippen LogP contribution in [0.5, 0.6) is 5.75 Å². The summed E-state index contributed by atoms with van der Waals surface area (Å²) in [5, 5.41) is 0.517. The van der Waals surface area contributed by atoms with Gasteiger partial charge >= 0.3 is 0 Å².